The van der Waals surface area contributed by atoms with Crippen LogP contribution in [0.15, 0.2) is 55.0 Å². The summed E-state index contributed by atoms with van der Waals surface area (Å²) < 4.78 is 43.8. The van der Waals surface area contributed by atoms with Crippen molar-refractivity contribution < 1.29 is 18.0 Å². The molecule has 0 N–H and O–H groups in total. The topological polar surface area (TPSA) is 68.8 Å². The Labute approximate surface area is 180 Å². The summed E-state index contributed by atoms with van der Waals surface area (Å²) in [5.41, 5.74) is 2.05. The number of hydrogen-bond acceptors (Lipinski definition) is 4. The molecule has 0 unspecified atom stereocenters. The summed E-state index contributed by atoms with van der Waals surface area (Å²) in [4.78, 5) is 14.3. The first-order valence-electron chi connectivity index (χ1n) is 9.73. The minimum absolute atomic E-state index is 0.00397. The molecular formula is C22H17F3N6O. The van der Waals surface area contributed by atoms with Crippen LogP contribution in [0.25, 0.3) is 22.6 Å². The Morgan fingerprint density at radius 2 is 1.81 bits per heavy atom. The lowest BCUT2D eigenvalue weighted by atomic mass is 10.0. The molecular weight excluding hydrogens is 421 g/mol. The van der Waals surface area contributed by atoms with Crippen molar-refractivity contribution in [3.05, 3.63) is 71.7 Å². The highest BCUT2D eigenvalue weighted by Gasteiger charge is 2.39. The second-order valence-electron chi connectivity index (χ2n) is 7.57. The van der Waals surface area contributed by atoms with Gasteiger partial charge in [0.05, 0.1) is 29.6 Å². The predicted molar refractivity (Wildman–Crippen MR) is 111 cm³/mol. The van der Waals surface area contributed by atoms with E-state index in [1.54, 1.807) is 47.0 Å². The van der Waals surface area contributed by atoms with Crippen molar-refractivity contribution in [3.63, 3.8) is 0 Å². The van der Waals surface area contributed by atoms with E-state index >= 15 is 0 Å². The zero-order valence-corrected chi connectivity index (χ0v) is 17.1. The third kappa shape index (κ3) is 3.06. The van der Waals surface area contributed by atoms with Crippen LogP contribution in [0.3, 0.4) is 0 Å². The molecule has 2 aromatic heterocycles. The second kappa shape index (κ2) is 7.04. The van der Waals surface area contributed by atoms with Crippen LogP contribution in [-0.2, 0) is 26.8 Å². The van der Waals surface area contributed by atoms with E-state index < -0.39 is 17.6 Å². The number of aromatic nitrogens is 5. The van der Waals surface area contributed by atoms with Gasteiger partial charge in [-0.05, 0) is 29.8 Å². The van der Waals surface area contributed by atoms with Gasteiger partial charge in [0.2, 0.25) is 0 Å². The van der Waals surface area contributed by atoms with E-state index in [4.69, 9.17) is 0 Å². The van der Waals surface area contributed by atoms with Crippen molar-refractivity contribution in [3.8, 4) is 22.6 Å². The van der Waals surface area contributed by atoms with Crippen LogP contribution in [0.2, 0.25) is 0 Å². The van der Waals surface area contributed by atoms with Crippen LogP contribution in [0.5, 0.6) is 0 Å². The van der Waals surface area contributed by atoms with Gasteiger partial charge in [-0.3, -0.25) is 9.48 Å². The van der Waals surface area contributed by atoms with E-state index in [-0.39, 0.29) is 17.7 Å². The first kappa shape index (κ1) is 20.0. The number of halogens is 3. The maximum atomic E-state index is 13.5. The summed E-state index contributed by atoms with van der Waals surface area (Å²) in [7, 11) is 3.61. The summed E-state index contributed by atoms with van der Waals surface area (Å²) in [6.07, 6.45) is -1.26. The lowest BCUT2D eigenvalue weighted by Gasteiger charge is -2.18. The van der Waals surface area contributed by atoms with E-state index in [9.17, 15) is 18.0 Å². The molecule has 4 aromatic rings. The molecule has 10 heteroatoms. The van der Waals surface area contributed by atoms with Gasteiger partial charge >= 0.3 is 6.18 Å². The van der Waals surface area contributed by atoms with Crippen molar-refractivity contribution in [1.29, 1.82) is 0 Å². The highest BCUT2D eigenvalue weighted by atomic mass is 19.4. The minimum atomic E-state index is -4.52. The van der Waals surface area contributed by atoms with Crippen LogP contribution in [-0.4, -0.2) is 30.5 Å². The molecule has 0 saturated carbocycles. The number of fused-ring (bicyclic) bond motifs is 1. The SMILES string of the molecule is Cn1cnnc1-c1cnn(C)c1-c1cccc(N2Cc3c(cccc3C(F)(F)F)C2=O)c1. The summed E-state index contributed by atoms with van der Waals surface area (Å²) in [6.45, 7) is -0.144. The molecule has 0 radical (unpaired) electrons. The van der Waals surface area contributed by atoms with E-state index in [0.717, 1.165) is 22.9 Å². The fraction of sp³-hybridized carbons (Fsp3) is 0.182. The molecule has 5 rings (SSSR count). The van der Waals surface area contributed by atoms with Gasteiger partial charge in [-0.2, -0.15) is 18.3 Å². The second-order valence-corrected chi connectivity index (χ2v) is 7.57. The van der Waals surface area contributed by atoms with Crippen molar-refractivity contribution in [1.82, 2.24) is 24.5 Å². The minimum Gasteiger partial charge on any atom is -0.317 e. The Morgan fingerprint density at radius 1 is 1.03 bits per heavy atom. The predicted octanol–water partition coefficient (Wildman–Crippen LogP) is 4.06. The van der Waals surface area contributed by atoms with Gasteiger partial charge in [0.25, 0.3) is 5.91 Å². The van der Waals surface area contributed by atoms with Crippen molar-refractivity contribution in [2.24, 2.45) is 14.1 Å². The van der Waals surface area contributed by atoms with Crippen LogP contribution >= 0.6 is 0 Å². The van der Waals surface area contributed by atoms with Crippen LogP contribution in [0.4, 0.5) is 18.9 Å². The van der Waals surface area contributed by atoms with Gasteiger partial charge in [-0.25, -0.2) is 0 Å². The smallest absolute Gasteiger partial charge is 0.317 e. The number of amides is 1. The normalized spacial score (nSPS) is 13.7. The molecule has 1 amide bonds. The molecule has 7 nitrogen and oxygen atoms in total. The Morgan fingerprint density at radius 3 is 2.53 bits per heavy atom. The van der Waals surface area contributed by atoms with Crippen molar-refractivity contribution >= 4 is 11.6 Å². The van der Waals surface area contributed by atoms with Crippen LogP contribution in [0.1, 0.15) is 21.5 Å². The summed E-state index contributed by atoms with van der Waals surface area (Å²) >= 11 is 0. The standard InChI is InChI=1S/C22H17F3N6O/c1-29-12-26-28-20(29)16-10-27-30(2)19(16)13-5-3-6-14(9-13)31-11-17-15(21(31)32)7-4-8-18(17)22(23,24)25/h3-10,12H,11H2,1-2H3. The molecule has 32 heavy (non-hydrogen) atoms. The quantitative estimate of drug-likeness (QED) is 0.484. The highest BCUT2D eigenvalue weighted by molar-refractivity contribution is 6.10. The largest absolute Gasteiger partial charge is 0.416 e. The van der Waals surface area contributed by atoms with E-state index in [2.05, 4.69) is 15.3 Å². The number of nitrogens with zero attached hydrogens (tertiary/aromatic N) is 6. The molecule has 162 valence electrons. The first-order valence-corrected chi connectivity index (χ1v) is 9.73. The van der Waals surface area contributed by atoms with E-state index in [1.165, 1.54) is 17.0 Å². The van der Waals surface area contributed by atoms with Crippen LogP contribution in [0, 0.1) is 0 Å². The molecule has 0 bridgehead atoms. The van der Waals surface area contributed by atoms with Crippen molar-refractivity contribution in [2.75, 3.05) is 4.90 Å². The van der Waals surface area contributed by atoms with Gasteiger partial charge in [-0.1, -0.05) is 18.2 Å². The molecule has 0 aliphatic carbocycles. The van der Waals surface area contributed by atoms with Gasteiger partial charge in [0.1, 0.15) is 6.33 Å². The number of carbonyl (C=O) groups excluding carboxylic acids is 1. The molecule has 1 aliphatic rings. The van der Waals surface area contributed by atoms with Gasteiger partial charge < -0.3 is 9.47 Å². The molecule has 1 aliphatic heterocycles. The van der Waals surface area contributed by atoms with Gasteiger partial charge in [-0.15, -0.1) is 10.2 Å². The van der Waals surface area contributed by atoms with Crippen LogP contribution < -0.4 is 4.90 Å². The number of anilines is 1. The number of aryl methyl sites for hydroxylation is 2. The molecule has 0 spiro atoms. The Balaban J connectivity index is 1.57. The Hall–Kier alpha value is -3.95. The number of alkyl halides is 3. The maximum absolute atomic E-state index is 13.5. The third-order valence-electron chi connectivity index (χ3n) is 5.60. The third-order valence-corrected chi connectivity index (χ3v) is 5.60. The average Bonchev–Trinajstić information content (AvgIpc) is 3.44. The maximum Gasteiger partial charge on any atom is 0.416 e. The monoisotopic (exact) mass is 438 g/mol. The number of benzene rings is 2. The summed E-state index contributed by atoms with van der Waals surface area (Å²) in [5.74, 6) is 0.166. The summed E-state index contributed by atoms with van der Waals surface area (Å²) in [6, 6.07) is 10.8. The average molecular weight is 438 g/mol. The lowest BCUT2D eigenvalue weighted by molar-refractivity contribution is -0.138. The number of hydrogen-bond donors (Lipinski definition) is 0. The Bertz CT molecular complexity index is 1350. The van der Waals surface area contributed by atoms with Gasteiger partial charge in [0, 0.05) is 30.9 Å². The zero-order valence-electron chi connectivity index (χ0n) is 17.1. The van der Waals surface area contributed by atoms with E-state index in [1.807, 2.05) is 13.1 Å². The number of carbonyl (C=O) groups is 1. The molecule has 3 heterocycles. The first-order chi connectivity index (χ1) is 15.3. The van der Waals surface area contributed by atoms with Gasteiger partial charge in [0.15, 0.2) is 5.82 Å². The zero-order chi connectivity index (χ0) is 22.6. The fourth-order valence-corrected chi connectivity index (χ4v) is 4.10. The molecule has 2 aromatic carbocycles. The molecule has 0 saturated heterocycles. The molecule has 0 fully saturated rings. The summed E-state index contributed by atoms with van der Waals surface area (Å²) in [5, 5.41) is 12.4. The number of rotatable bonds is 3. The molecule has 0 atom stereocenters. The highest BCUT2D eigenvalue weighted by Crippen LogP contribution is 2.39. The fourth-order valence-electron chi connectivity index (χ4n) is 4.10. The Kier molecular flexibility index (Phi) is 4.40. The van der Waals surface area contributed by atoms with E-state index in [0.29, 0.717) is 11.5 Å². The lowest BCUT2D eigenvalue weighted by Crippen LogP contribution is -2.23. The van der Waals surface area contributed by atoms with Crippen molar-refractivity contribution in [2.45, 2.75) is 12.7 Å².